The first kappa shape index (κ1) is 26.5. The summed E-state index contributed by atoms with van der Waals surface area (Å²) in [4.78, 5) is 20.8. The summed E-state index contributed by atoms with van der Waals surface area (Å²) >= 11 is 6.91. The molecule has 2 aliphatic carbocycles. The van der Waals surface area contributed by atoms with E-state index in [-0.39, 0.29) is 11.9 Å². The fourth-order valence-corrected chi connectivity index (χ4v) is 6.32. The van der Waals surface area contributed by atoms with Gasteiger partial charge in [0, 0.05) is 59.2 Å². The number of pyridine rings is 1. The zero-order valence-electron chi connectivity index (χ0n) is 22.7. The van der Waals surface area contributed by atoms with Gasteiger partial charge in [-0.05, 0) is 81.5 Å². The summed E-state index contributed by atoms with van der Waals surface area (Å²) in [6.07, 6.45) is 6.47. The minimum absolute atomic E-state index is 0.0305. The minimum atomic E-state index is 0.0305. The van der Waals surface area contributed by atoms with Gasteiger partial charge in [-0.25, -0.2) is 0 Å². The zero-order chi connectivity index (χ0) is 26.8. The zero-order valence-corrected chi connectivity index (χ0v) is 23.4. The number of hydrogen-bond donors (Lipinski definition) is 1. The maximum absolute atomic E-state index is 14.3. The number of methoxy groups -OCH3 is 1. The van der Waals surface area contributed by atoms with E-state index in [9.17, 15) is 4.79 Å². The highest BCUT2D eigenvalue weighted by molar-refractivity contribution is 6.52. The lowest BCUT2D eigenvalue weighted by atomic mass is 9.89. The first-order chi connectivity index (χ1) is 18.4. The highest BCUT2D eigenvalue weighted by atomic mass is 35.5. The second-order valence-electron chi connectivity index (χ2n) is 10.5. The molecule has 2 aromatic carbocycles. The number of nitrogens with one attached hydrogen (secondary N) is 1. The predicted octanol–water partition coefficient (Wildman–Crippen LogP) is 6.44. The largest absolute Gasteiger partial charge is 0.496 e. The van der Waals surface area contributed by atoms with Gasteiger partial charge in [0.05, 0.1) is 12.1 Å². The lowest BCUT2D eigenvalue weighted by Crippen LogP contribution is -2.45. The van der Waals surface area contributed by atoms with Crippen molar-refractivity contribution in [2.75, 3.05) is 14.2 Å². The minimum Gasteiger partial charge on any atom is -0.496 e. The van der Waals surface area contributed by atoms with E-state index >= 15 is 0 Å². The molecule has 1 fully saturated rings. The second kappa shape index (κ2) is 11.3. The fraction of sp³-hybridized carbons (Fsp3) is 0.375. The number of hydrogen-bond acceptors (Lipinski definition) is 4. The van der Waals surface area contributed by atoms with E-state index in [2.05, 4.69) is 52.5 Å². The number of carbonyl (C=O) groups is 1. The monoisotopic (exact) mass is 529 g/mol. The van der Waals surface area contributed by atoms with Crippen LogP contribution in [0.3, 0.4) is 0 Å². The number of fused-ring (bicyclic) bond motifs is 1. The molecule has 3 aromatic rings. The van der Waals surface area contributed by atoms with Crippen LogP contribution in [-0.4, -0.2) is 42.0 Å². The maximum Gasteiger partial charge on any atom is 0.252 e. The number of rotatable bonds is 7. The number of nitrogens with zero attached hydrogens (tertiary/aromatic N) is 2. The normalized spacial score (nSPS) is 18.9. The second-order valence-corrected chi connectivity index (χ2v) is 10.9. The summed E-state index contributed by atoms with van der Waals surface area (Å²) < 4.78 is 5.77. The van der Waals surface area contributed by atoms with E-state index in [4.69, 9.17) is 16.3 Å². The Hall–Kier alpha value is -3.15. The van der Waals surface area contributed by atoms with Crippen molar-refractivity contribution in [3.63, 3.8) is 0 Å². The van der Waals surface area contributed by atoms with Gasteiger partial charge in [-0.3, -0.25) is 9.78 Å². The molecule has 2 aliphatic rings. The molecule has 1 heterocycles. The third-order valence-corrected chi connectivity index (χ3v) is 8.56. The van der Waals surface area contributed by atoms with Crippen LogP contribution >= 0.6 is 11.6 Å². The van der Waals surface area contributed by atoms with E-state index in [1.807, 2.05) is 38.4 Å². The molecule has 0 saturated heterocycles. The smallest absolute Gasteiger partial charge is 0.252 e. The van der Waals surface area contributed by atoms with Crippen LogP contribution in [0.2, 0.25) is 0 Å². The van der Waals surface area contributed by atoms with Gasteiger partial charge in [0.1, 0.15) is 5.75 Å². The number of aryl methyl sites for hydroxylation is 2. The molecule has 1 saturated carbocycles. The number of amides is 1. The number of aromatic nitrogens is 1. The van der Waals surface area contributed by atoms with Gasteiger partial charge in [0.2, 0.25) is 0 Å². The molecule has 0 unspecified atom stereocenters. The molecule has 38 heavy (non-hydrogen) atoms. The van der Waals surface area contributed by atoms with Crippen molar-refractivity contribution in [3.05, 3.63) is 88.2 Å². The molecular weight excluding hydrogens is 494 g/mol. The Morgan fingerprint density at radius 1 is 1.08 bits per heavy atom. The van der Waals surface area contributed by atoms with Gasteiger partial charge in [-0.2, -0.15) is 0 Å². The Morgan fingerprint density at radius 3 is 2.50 bits per heavy atom. The molecule has 5 nitrogen and oxygen atoms in total. The molecule has 6 heteroatoms. The van der Waals surface area contributed by atoms with Crippen LogP contribution in [-0.2, 0) is 17.8 Å². The molecule has 0 radical (unpaired) electrons. The number of benzene rings is 2. The lowest BCUT2D eigenvalue weighted by molar-refractivity contribution is -0.130. The summed E-state index contributed by atoms with van der Waals surface area (Å²) in [5, 5.41) is 4.01. The van der Waals surface area contributed by atoms with Crippen LogP contribution in [0.5, 0.6) is 5.75 Å². The predicted molar refractivity (Wildman–Crippen MR) is 154 cm³/mol. The molecular formula is C32H36ClN3O2. The van der Waals surface area contributed by atoms with Crippen molar-refractivity contribution in [3.8, 4) is 16.9 Å². The summed E-state index contributed by atoms with van der Waals surface area (Å²) in [6, 6.07) is 17.1. The number of ether oxygens (including phenoxy) is 1. The summed E-state index contributed by atoms with van der Waals surface area (Å²) in [5.74, 6) is 0.809. The van der Waals surface area contributed by atoms with Crippen molar-refractivity contribution in [2.24, 2.45) is 0 Å². The van der Waals surface area contributed by atoms with E-state index in [0.717, 1.165) is 70.5 Å². The first-order valence-corrected chi connectivity index (χ1v) is 13.8. The van der Waals surface area contributed by atoms with Crippen molar-refractivity contribution < 1.29 is 9.53 Å². The average molecular weight is 530 g/mol. The highest BCUT2D eigenvalue weighted by Gasteiger charge is 2.34. The molecule has 0 bridgehead atoms. The van der Waals surface area contributed by atoms with Crippen molar-refractivity contribution >= 4 is 22.5 Å². The van der Waals surface area contributed by atoms with E-state index in [1.165, 1.54) is 0 Å². The van der Waals surface area contributed by atoms with Crippen LogP contribution in [0.1, 0.15) is 53.6 Å². The summed E-state index contributed by atoms with van der Waals surface area (Å²) in [5.41, 5.74) is 8.01. The molecule has 0 atom stereocenters. The Labute approximate surface area is 230 Å². The van der Waals surface area contributed by atoms with Crippen LogP contribution in [0.25, 0.3) is 16.2 Å². The van der Waals surface area contributed by atoms with E-state index in [1.54, 1.807) is 7.11 Å². The topological polar surface area (TPSA) is 54.5 Å². The standard InChI is InChI=1S/C32H36ClN3O2/c1-20-6-5-7-23-17-28(31(33)30(20)23)32(37)36(27-13-11-26(34-3)12-14-27)19-25-16-22(10-15-29(25)38-4)24-9-8-21(2)35-18-24/h5-10,15-16,18,26-27,34H,11-14,17,19H2,1-4H3. The van der Waals surface area contributed by atoms with Crippen molar-refractivity contribution in [1.29, 1.82) is 0 Å². The van der Waals surface area contributed by atoms with E-state index < -0.39 is 0 Å². The van der Waals surface area contributed by atoms with Gasteiger partial charge in [-0.1, -0.05) is 41.9 Å². The Balaban J connectivity index is 1.51. The SMILES string of the molecule is CNC1CCC(N(Cc2cc(-c3ccc(C)nc3)ccc2OC)C(=O)C2=C(Cl)c3c(C)cccc3C2)CC1. The molecule has 1 amide bonds. The van der Waals surface area contributed by atoms with Gasteiger partial charge in [0.25, 0.3) is 5.91 Å². The Kier molecular flexibility index (Phi) is 7.87. The third-order valence-electron chi connectivity index (χ3n) is 8.14. The maximum atomic E-state index is 14.3. The van der Waals surface area contributed by atoms with Gasteiger partial charge >= 0.3 is 0 Å². The van der Waals surface area contributed by atoms with Crippen LogP contribution < -0.4 is 10.1 Å². The Bertz CT molecular complexity index is 1360. The van der Waals surface area contributed by atoms with Gasteiger partial charge in [-0.15, -0.1) is 0 Å². The molecule has 0 spiro atoms. The summed E-state index contributed by atoms with van der Waals surface area (Å²) in [6.45, 7) is 4.51. The first-order valence-electron chi connectivity index (χ1n) is 13.4. The molecule has 1 aromatic heterocycles. The number of carbonyl (C=O) groups excluding carboxylic acids is 1. The fourth-order valence-electron chi connectivity index (χ4n) is 5.90. The van der Waals surface area contributed by atoms with Gasteiger partial charge < -0.3 is 15.0 Å². The molecule has 0 aliphatic heterocycles. The number of halogens is 1. The molecule has 198 valence electrons. The average Bonchev–Trinajstić information content (AvgIpc) is 3.29. The Morgan fingerprint density at radius 2 is 1.84 bits per heavy atom. The third kappa shape index (κ3) is 5.23. The van der Waals surface area contributed by atoms with Crippen molar-refractivity contribution in [1.82, 2.24) is 15.2 Å². The van der Waals surface area contributed by atoms with Crippen molar-refractivity contribution in [2.45, 2.75) is 64.6 Å². The lowest BCUT2D eigenvalue weighted by Gasteiger charge is -2.37. The van der Waals surface area contributed by atoms with E-state index in [0.29, 0.717) is 29.6 Å². The highest BCUT2D eigenvalue weighted by Crippen LogP contribution is 2.40. The quantitative estimate of drug-likeness (QED) is 0.382. The van der Waals surface area contributed by atoms with Crippen LogP contribution in [0.4, 0.5) is 0 Å². The van der Waals surface area contributed by atoms with Gasteiger partial charge in [0.15, 0.2) is 0 Å². The van der Waals surface area contributed by atoms with Crippen LogP contribution in [0, 0.1) is 13.8 Å². The molecule has 1 N–H and O–H groups in total. The van der Waals surface area contributed by atoms with Crippen LogP contribution in [0.15, 0.2) is 60.3 Å². The summed E-state index contributed by atoms with van der Waals surface area (Å²) in [7, 11) is 3.71. The molecule has 5 rings (SSSR count).